The zero-order chi connectivity index (χ0) is 15.4. The molecule has 2 amide bonds. The van der Waals surface area contributed by atoms with Gasteiger partial charge in [-0.2, -0.15) is 11.3 Å². The lowest BCUT2D eigenvalue weighted by atomic mass is 10.2. The highest BCUT2D eigenvalue weighted by Crippen LogP contribution is 2.12. The van der Waals surface area contributed by atoms with E-state index in [-0.39, 0.29) is 6.03 Å². The maximum atomic E-state index is 11.9. The van der Waals surface area contributed by atoms with Crippen LogP contribution in [0.25, 0.3) is 5.69 Å². The molecule has 3 heterocycles. The summed E-state index contributed by atoms with van der Waals surface area (Å²) >= 11 is 1.59. The Balaban J connectivity index is 1.56. The summed E-state index contributed by atoms with van der Waals surface area (Å²) in [5.41, 5.74) is 3.28. The average molecular weight is 314 g/mol. The van der Waals surface area contributed by atoms with Crippen molar-refractivity contribution in [2.24, 2.45) is 0 Å². The topological polar surface area (TPSA) is 84.7 Å². The van der Waals surface area contributed by atoms with E-state index in [1.807, 2.05) is 29.8 Å². The van der Waals surface area contributed by atoms with Gasteiger partial charge in [-0.05, 0) is 30.0 Å². The van der Waals surface area contributed by atoms with Gasteiger partial charge in [-0.3, -0.25) is 4.98 Å². The number of carbonyl (C=O) groups excluding carboxylic acids is 1. The molecule has 0 aromatic carbocycles. The summed E-state index contributed by atoms with van der Waals surface area (Å²) < 4.78 is 1.68. The van der Waals surface area contributed by atoms with Crippen LogP contribution in [0.4, 0.5) is 10.5 Å². The van der Waals surface area contributed by atoms with Gasteiger partial charge < -0.3 is 10.6 Å². The fourth-order valence-corrected chi connectivity index (χ4v) is 2.45. The number of hydrogen-bond donors (Lipinski definition) is 2. The molecule has 0 atom stereocenters. The number of aromatic nitrogens is 4. The largest absolute Gasteiger partial charge is 0.332 e. The zero-order valence-corrected chi connectivity index (χ0v) is 12.7. The van der Waals surface area contributed by atoms with E-state index in [1.54, 1.807) is 34.6 Å². The predicted octanol–water partition coefficient (Wildman–Crippen LogP) is 2.35. The Morgan fingerprint density at radius 2 is 2.32 bits per heavy atom. The molecule has 0 unspecified atom stereocenters. The maximum Gasteiger partial charge on any atom is 0.319 e. The first-order chi connectivity index (χ1) is 10.7. The van der Waals surface area contributed by atoms with Crippen molar-refractivity contribution in [3.05, 3.63) is 52.7 Å². The lowest BCUT2D eigenvalue weighted by molar-refractivity contribution is 0.251. The summed E-state index contributed by atoms with van der Waals surface area (Å²) in [5, 5.41) is 17.5. The van der Waals surface area contributed by atoms with Crippen molar-refractivity contribution in [1.29, 1.82) is 0 Å². The first-order valence-corrected chi connectivity index (χ1v) is 7.56. The van der Waals surface area contributed by atoms with Crippen molar-refractivity contribution in [3.63, 3.8) is 0 Å². The van der Waals surface area contributed by atoms with Gasteiger partial charge in [-0.25, -0.2) is 9.48 Å². The molecule has 0 fully saturated rings. The number of anilines is 1. The van der Waals surface area contributed by atoms with E-state index in [9.17, 15) is 4.79 Å². The number of amides is 2. The van der Waals surface area contributed by atoms with Crippen LogP contribution in [-0.2, 0) is 6.54 Å². The van der Waals surface area contributed by atoms with E-state index >= 15 is 0 Å². The summed E-state index contributed by atoms with van der Waals surface area (Å²) in [5.74, 6) is 0. The Morgan fingerprint density at radius 1 is 1.41 bits per heavy atom. The Kier molecular flexibility index (Phi) is 4.10. The van der Waals surface area contributed by atoms with Crippen molar-refractivity contribution in [3.8, 4) is 5.69 Å². The minimum atomic E-state index is -0.304. The molecular weight excluding hydrogens is 300 g/mol. The van der Waals surface area contributed by atoms with Gasteiger partial charge in [0.1, 0.15) is 5.69 Å². The van der Waals surface area contributed by atoms with E-state index in [0.717, 1.165) is 11.3 Å². The molecule has 3 aromatic heterocycles. The molecule has 2 N–H and O–H groups in total. The summed E-state index contributed by atoms with van der Waals surface area (Å²) in [7, 11) is 0. The summed E-state index contributed by atoms with van der Waals surface area (Å²) in [6.07, 6.45) is 5.08. The van der Waals surface area contributed by atoms with E-state index in [0.29, 0.717) is 17.9 Å². The van der Waals surface area contributed by atoms with E-state index in [2.05, 4.69) is 25.9 Å². The smallest absolute Gasteiger partial charge is 0.319 e. The molecule has 3 aromatic rings. The number of carbonyl (C=O) groups is 1. The van der Waals surface area contributed by atoms with Gasteiger partial charge in [0.15, 0.2) is 0 Å². The third-order valence-electron chi connectivity index (χ3n) is 3.03. The summed E-state index contributed by atoms with van der Waals surface area (Å²) in [6.45, 7) is 2.21. The average Bonchev–Trinajstić information content (AvgIpc) is 3.18. The normalized spacial score (nSPS) is 10.4. The number of rotatable bonds is 4. The van der Waals surface area contributed by atoms with Gasteiger partial charge >= 0.3 is 6.03 Å². The van der Waals surface area contributed by atoms with Crippen LogP contribution in [0.5, 0.6) is 0 Å². The summed E-state index contributed by atoms with van der Waals surface area (Å²) in [4.78, 5) is 15.9. The van der Waals surface area contributed by atoms with Gasteiger partial charge in [0.05, 0.1) is 30.3 Å². The molecular formula is C14H14N6OS. The second kappa shape index (κ2) is 6.35. The zero-order valence-electron chi connectivity index (χ0n) is 11.9. The third-order valence-corrected chi connectivity index (χ3v) is 3.70. The van der Waals surface area contributed by atoms with Crippen molar-refractivity contribution in [2.45, 2.75) is 13.5 Å². The third kappa shape index (κ3) is 3.29. The number of nitrogens with one attached hydrogen (secondary N) is 2. The molecule has 0 aliphatic carbocycles. The Bertz CT molecular complexity index is 767. The van der Waals surface area contributed by atoms with Crippen LogP contribution in [0.1, 0.15) is 11.3 Å². The van der Waals surface area contributed by atoms with Crippen LogP contribution in [0.2, 0.25) is 0 Å². The lowest BCUT2D eigenvalue weighted by Crippen LogP contribution is -2.28. The molecule has 0 aliphatic rings. The highest BCUT2D eigenvalue weighted by atomic mass is 32.1. The van der Waals surface area contributed by atoms with Gasteiger partial charge in [-0.15, -0.1) is 5.10 Å². The molecule has 22 heavy (non-hydrogen) atoms. The lowest BCUT2D eigenvalue weighted by Gasteiger charge is -2.07. The van der Waals surface area contributed by atoms with Crippen LogP contribution in [0.15, 0.2) is 41.5 Å². The monoisotopic (exact) mass is 314 g/mol. The molecule has 3 rings (SSSR count). The Labute approximate surface area is 131 Å². The van der Waals surface area contributed by atoms with Crippen molar-refractivity contribution in [1.82, 2.24) is 25.3 Å². The predicted molar refractivity (Wildman–Crippen MR) is 84.1 cm³/mol. The van der Waals surface area contributed by atoms with Crippen LogP contribution in [-0.4, -0.2) is 26.0 Å². The molecule has 0 saturated heterocycles. The molecule has 0 radical (unpaired) electrons. The number of hydrogen-bond acceptors (Lipinski definition) is 5. The number of thiophene rings is 1. The quantitative estimate of drug-likeness (QED) is 0.774. The highest BCUT2D eigenvalue weighted by molar-refractivity contribution is 7.08. The number of urea groups is 1. The number of nitrogens with zero attached hydrogens (tertiary/aromatic N) is 4. The molecule has 112 valence electrons. The molecule has 0 aliphatic heterocycles. The molecule has 7 nitrogen and oxygen atoms in total. The van der Waals surface area contributed by atoms with Crippen LogP contribution in [0, 0.1) is 6.92 Å². The second-order valence-corrected chi connectivity index (χ2v) is 5.41. The van der Waals surface area contributed by atoms with Gasteiger partial charge in [-0.1, -0.05) is 5.21 Å². The minimum absolute atomic E-state index is 0.301. The first kappa shape index (κ1) is 14.2. The maximum absolute atomic E-state index is 11.9. The SMILES string of the molecule is Cc1ccncc1NC(=O)NCc1cn(-c2ccsc2)nn1. The second-order valence-electron chi connectivity index (χ2n) is 4.63. The molecule has 0 spiro atoms. The standard InChI is InChI=1S/C14H14N6OS/c1-10-2-4-15-7-13(10)17-14(21)16-6-11-8-20(19-18-11)12-3-5-22-9-12/h2-5,7-9H,6H2,1H3,(H2,16,17,21). The fourth-order valence-electron chi connectivity index (χ4n) is 1.83. The van der Waals surface area contributed by atoms with Crippen molar-refractivity contribution >= 4 is 23.1 Å². The highest BCUT2D eigenvalue weighted by Gasteiger charge is 2.07. The minimum Gasteiger partial charge on any atom is -0.332 e. The van der Waals surface area contributed by atoms with Crippen molar-refractivity contribution < 1.29 is 4.79 Å². The molecule has 0 saturated carbocycles. The van der Waals surface area contributed by atoms with Gasteiger partial charge in [0.25, 0.3) is 0 Å². The fraction of sp³-hybridized carbons (Fsp3) is 0.143. The van der Waals surface area contributed by atoms with Crippen LogP contribution >= 0.6 is 11.3 Å². The van der Waals surface area contributed by atoms with Crippen molar-refractivity contribution in [2.75, 3.05) is 5.32 Å². The molecule has 0 bridgehead atoms. The Hall–Kier alpha value is -2.74. The van der Waals surface area contributed by atoms with E-state index in [4.69, 9.17) is 0 Å². The summed E-state index contributed by atoms with van der Waals surface area (Å²) in [6, 6.07) is 3.48. The van der Waals surface area contributed by atoms with E-state index < -0.39 is 0 Å². The van der Waals surface area contributed by atoms with E-state index in [1.165, 1.54) is 0 Å². The van der Waals surface area contributed by atoms with Gasteiger partial charge in [0.2, 0.25) is 0 Å². The number of pyridine rings is 1. The Morgan fingerprint density at radius 3 is 3.09 bits per heavy atom. The van der Waals surface area contributed by atoms with Gasteiger partial charge in [0, 0.05) is 11.6 Å². The number of aryl methyl sites for hydroxylation is 1. The first-order valence-electron chi connectivity index (χ1n) is 6.61. The van der Waals surface area contributed by atoms with Crippen LogP contribution < -0.4 is 10.6 Å². The molecule has 8 heteroatoms. The van der Waals surface area contributed by atoms with Crippen LogP contribution in [0.3, 0.4) is 0 Å².